The van der Waals surface area contributed by atoms with E-state index in [1.807, 2.05) is 0 Å². The quantitative estimate of drug-likeness (QED) is 0.645. The Hall–Kier alpha value is 0.310. The second-order valence-electron chi connectivity index (χ2n) is 4.25. The van der Waals surface area contributed by atoms with Gasteiger partial charge >= 0.3 is 0 Å². The summed E-state index contributed by atoms with van der Waals surface area (Å²) < 4.78 is 0. The first-order valence-corrected chi connectivity index (χ1v) is 5.75. The Labute approximate surface area is 80.9 Å². The van der Waals surface area contributed by atoms with E-state index in [2.05, 4.69) is 24.5 Å². The van der Waals surface area contributed by atoms with E-state index in [1.54, 1.807) is 0 Å². The molecule has 0 aromatic carbocycles. The summed E-state index contributed by atoms with van der Waals surface area (Å²) in [6.07, 6.45) is 5.57. The highest BCUT2D eigenvalue weighted by atomic mass is 32.1. The first-order valence-electron chi connectivity index (χ1n) is 5.23. The summed E-state index contributed by atoms with van der Waals surface area (Å²) in [5.41, 5.74) is 0. The minimum Gasteiger partial charge on any atom is -0.299 e. The van der Waals surface area contributed by atoms with Crippen LogP contribution in [0.15, 0.2) is 0 Å². The van der Waals surface area contributed by atoms with Gasteiger partial charge in [-0.05, 0) is 31.7 Å². The predicted molar refractivity (Wildman–Crippen MR) is 55.8 cm³/mol. The van der Waals surface area contributed by atoms with Gasteiger partial charge in [0.05, 0.1) is 0 Å². The average molecular weight is 185 g/mol. The lowest BCUT2D eigenvalue weighted by Gasteiger charge is -2.36. The molecule has 2 rings (SSSR count). The fraction of sp³-hybridized carbons (Fsp3) is 1.00. The number of thiol groups is 1. The molecule has 2 heteroatoms. The summed E-state index contributed by atoms with van der Waals surface area (Å²) in [5, 5.41) is 0.643. The van der Waals surface area contributed by atoms with Crippen LogP contribution in [-0.2, 0) is 0 Å². The van der Waals surface area contributed by atoms with E-state index in [-0.39, 0.29) is 0 Å². The lowest BCUT2D eigenvalue weighted by Crippen LogP contribution is -2.42. The van der Waals surface area contributed by atoms with Gasteiger partial charge in [0.2, 0.25) is 0 Å². The molecule has 2 fully saturated rings. The Morgan fingerprint density at radius 3 is 2.58 bits per heavy atom. The fourth-order valence-corrected chi connectivity index (χ4v) is 2.82. The summed E-state index contributed by atoms with van der Waals surface area (Å²) in [4.78, 5) is 2.64. The van der Waals surface area contributed by atoms with Crippen molar-refractivity contribution in [2.45, 2.75) is 43.9 Å². The molecule has 2 aliphatic rings. The Kier molecular flexibility index (Phi) is 2.66. The molecule has 0 spiro atoms. The maximum atomic E-state index is 4.68. The van der Waals surface area contributed by atoms with Crippen LogP contribution in [0.2, 0.25) is 0 Å². The molecule has 1 aliphatic carbocycles. The zero-order valence-electron chi connectivity index (χ0n) is 7.87. The number of hydrogen-bond donors (Lipinski definition) is 1. The normalized spacial score (nSPS) is 38.5. The zero-order chi connectivity index (χ0) is 8.55. The van der Waals surface area contributed by atoms with Gasteiger partial charge in [0.1, 0.15) is 0 Å². The standard InChI is InChI=1S/C10H19NS/c1-2-8-5-6-11(7-10(8)12)9-3-4-9/h8-10,12H,2-7H2,1H3/t8-,10-/m0/s1. The lowest BCUT2D eigenvalue weighted by molar-refractivity contribution is 0.181. The molecule has 0 unspecified atom stereocenters. The van der Waals surface area contributed by atoms with Crippen molar-refractivity contribution in [3.05, 3.63) is 0 Å². The van der Waals surface area contributed by atoms with Crippen molar-refractivity contribution in [1.29, 1.82) is 0 Å². The summed E-state index contributed by atoms with van der Waals surface area (Å²) in [5.74, 6) is 0.878. The van der Waals surface area contributed by atoms with Gasteiger partial charge in [0.15, 0.2) is 0 Å². The third kappa shape index (κ3) is 1.80. The van der Waals surface area contributed by atoms with Crippen molar-refractivity contribution in [3.8, 4) is 0 Å². The van der Waals surface area contributed by atoms with Crippen LogP contribution in [0.25, 0.3) is 0 Å². The second kappa shape index (κ2) is 3.59. The molecule has 0 radical (unpaired) electrons. The van der Waals surface area contributed by atoms with Crippen molar-refractivity contribution < 1.29 is 0 Å². The van der Waals surface area contributed by atoms with Crippen LogP contribution in [0.3, 0.4) is 0 Å². The van der Waals surface area contributed by atoms with Crippen LogP contribution in [0.1, 0.15) is 32.6 Å². The molecule has 0 amide bonds. The first kappa shape index (κ1) is 8.89. The molecule has 1 heterocycles. The van der Waals surface area contributed by atoms with E-state index in [0.29, 0.717) is 5.25 Å². The maximum Gasteiger partial charge on any atom is 0.0173 e. The number of nitrogens with zero attached hydrogens (tertiary/aromatic N) is 1. The highest BCUT2D eigenvalue weighted by Gasteiger charge is 2.34. The van der Waals surface area contributed by atoms with Gasteiger partial charge in [-0.25, -0.2) is 0 Å². The van der Waals surface area contributed by atoms with Crippen molar-refractivity contribution in [1.82, 2.24) is 4.90 Å². The van der Waals surface area contributed by atoms with Crippen LogP contribution < -0.4 is 0 Å². The Morgan fingerprint density at radius 1 is 1.33 bits per heavy atom. The Bertz CT molecular complexity index is 156. The molecular formula is C10H19NS. The van der Waals surface area contributed by atoms with Gasteiger partial charge in [-0.3, -0.25) is 4.90 Å². The van der Waals surface area contributed by atoms with E-state index in [9.17, 15) is 0 Å². The predicted octanol–water partition coefficient (Wildman–Crippen LogP) is 2.18. The smallest absolute Gasteiger partial charge is 0.0173 e. The summed E-state index contributed by atoms with van der Waals surface area (Å²) in [7, 11) is 0. The van der Waals surface area contributed by atoms with E-state index in [1.165, 1.54) is 38.8 Å². The molecule has 0 aromatic rings. The zero-order valence-corrected chi connectivity index (χ0v) is 8.76. The number of likely N-dealkylation sites (tertiary alicyclic amines) is 1. The number of piperidine rings is 1. The van der Waals surface area contributed by atoms with Crippen molar-refractivity contribution in [3.63, 3.8) is 0 Å². The van der Waals surface area contributed by atoms with Gasteiger partial charge in [-0.15, -0.1) is 0 Å². The molecule has 2 atom stereocenters. The SMILES string of the molecule is CC[C@H]1CCN(C2CC2)C[C@@H]1S. The summed E-state index contributed by atoms with van der Waals surface area (Å²) >= 11 is 4.68. The average Bonchev–Trinajstić information content (AvgIpc) is 2.86. The van der Waals surface area contributed by atoms with Gasteiger partial charge in [0.25, 0.3) is 0 Å². The number of hydrogen-bond acceptors (Lipinski definition) is 2. The molecule has 0 aromatic heterocycles. The Morgan fingerprint density at radius 2 is 2.08 bits per heavy atom. The van der Waals surface area contributed by atoms with Crippen molar-refractivity contribution >= 4 is 12.6 Å². The topological polar surface area (TPSA) is 3.24 Å². The van der Waals surface area contributed by atoms with Crippen LogP contribution in [0.5, 0.6) is 0 Å². The molecule has 0 bridgehead atoms. The molecule has 0 N–H and O–H groups in total. The highest BCUT2D eigenvalue weighted by Crippen LogP contribution is 2.33. The maximum absolute atomic E-state index is 4.68. The van der Waals surface area contributed by atoms with Crippen molar-refractivity contribution in [2.75, 3.05) is 13.1 Å². The van der Waals surface area contributed by atoms with Gasteiger partial charge in [-0.2, -0.15) is 12.6 Å². The van der Waals surface area contributed by atoms with Crippen LogP contribution in [0, 0.1) is 5.92 Å². The van der Waals surface area contributed by atoms with Gasteiger partial charge in [-0.1, -0.05) is 13.3 Å². The molecule has 1 aliphatic heterocycles. The summed E-state index contributed by atoms with van der Waals surface area (Å²) in [6, 6.07) is 0.942. The van der Waals surface area contributed by atoms with E-state index in [0.717, 1.165) is 12.0 Å². The molecule has 1 saturated heterocycles. The van der Waals surface area contributed by atoms with Crippen LogP contribution in [-0.4, -0.2) is 29.3 Å². The van der Waals surface area contributed by atoms with E-state index in [4.69, 9.17) is 0 Å². The van der Waals surface area contributed by atoms with Gasteiger partial charge in [0, 0.05) is 17.8 Å². The van der Waals surface area contributed by atoms with Crippen molar-refractivity contribution in [2.24, 2.45) is 5.92 Å². The molecule has 1 saturated carbocycles. The second-order valence-corrected chi connectivity index (χ2v) is 4.91. The Balaban J connectivity index is 1.84. The largest absolute Gasteiger partial charge is 0.299 e. The third-order valence-electron chi connectivity index (χ3n) is 3.34. The lowest BCUT2D eigenvalue weighted by atomic mass is 9.94. The third-order valence-corrected chi connectivity index (χ3v) is 3.93. The van der Waals surface area contributed by atoms with E-state index >= 15 is 0 Å². The highest BCUT2D eigenvalue weighted by molar-refractivity contribution is 7.81. The fourth-order valence-electron chi connectivity index (χ4n) is 2.25. The molecule has 12 heavy (non-hydrogen) atoms. The molecular weight excluding hydrogens is 166 g/mol. The minimum atomic E-state index is 0.643. The summed E-state index contributed by atoms with van der Waals surface area (Å²) in [6.45, 7) is 4.87. The monoisotopic (exact) mass is 185 g/mol. The molecule has 1 nitrogen and oxygen atoms in total. The van der Waals surface area contributed by atoms with Gasteiger partial charge < -0.3 is 0 Å². The van der Waals surface area contributed by atoms with Crippen LogP contribution >= 0.6 is 12.6 Å². The van der Waals surface area contributed by atoms with E-state index < -0.39 is 0 Å². The van der Waals surface area contributed by atoms with Crippen LogP contribution in [0.4, 0.5) is 0 Å². The number of rotatable bonds is 2. The minimum absolute atomic E-state index is 0.643. The first-order chi connectivity index (χ1) is 5.81. The molecule has 70 valence electrons.